The lowest BCUT2D eigenvalue weighted by Crippen LogP contribution is -1.85. The van der Waals surface area contributed by atoms with Gasteiger partial charge in [0.2, 0.25) is 0 Å². The Kier molecular flexibility index (Phi) is 8.75. The first kappa shape index (κ1) is 12.2. The van der Waals surface area contributed by atoms with Crippen molar-refractivity contribution in [2.24, 2.45) is 5.92 Å². The van der Waals surface area contributed by atoms with Crippen LogP contribution in [0.15, 0.2) is 36.5 Å². The summed E-state index contributed by atoms with van der Waals surface area (Å²) in [5, 5.41) is 0. The summed E-state index contributed by atoms with van der Waals surface area (Å²) in [7, 11) is 0. The summed E-state index contributed by atoms with van der Waals surface area (Å²) in [6.07, 6.45) is 16.7. The van der Waals surface area contributed by atoms with Gasteiger partial charge in [0.1, 0.15) is 0 Å². The van der Waals surface area contributed by atoms with Gasteiger partial charge in [0, 0.05) is 0 Å². The Labute approximate surface area is 83.0 Å². The molecule has 0 N–H and O–H groups in total. The van der Waals surface area contributed by atoms with E-state index in [4.69, 9.17) is 0 Å². The lowest BCUT2D eigenvalue weighted by Gasteiger charge is -1.99. The maximum atomic E-state index is 2.29. The van der Waals surface area contributed by atoms with Crippen LogP contribution >= 0.6 is 0 Å². The molecule has 74 valence electrons. The Morgan fingerprint density at radius 2 is 1.85 bits per heavy atom. The summed E-state index contributed by atoms with van der Waals surface area (Å²) >= 11 is 0. The summed E-state index contributed by atoms with van der Waals surface area (Å²) in [5.41, 5.74) is 0. The maximum absolute atomic E-state index is 2.29. The lowest BCUT2D eigenvalue weighted by atomic mass is 10.1. The third-order valence-corrected chi connectivity index (χ3v) is 1.88. The van der Waals surface area contributed by atoms with Crippen LogP contribution in [0.2, 0.25) is 0 Å². The van der Waals surface area contributed by atoms with Gasteiger partial charge in [0.15, 0.2) is 0 Å². The second-order valence-electron chi connectivity index (χ2n) is 3.33. The van der Waals surface area contributed by atoms with E-state index in [0.29, 0.717) is 5.92 Å². The van der Waals surface area contributed by atoms with Crippen molar-refractivity contribution >= 4 is 0 Å². The van der Waals surface area contributed by atoms with Crippen molar-refractivity contribution < 1.29 is 0 Å². The number of rotatable bonds is 6. The molecule has 0 saturated carbocycles. The van der Waals surface area contributed by atoms with Crippen molar-refractivity contribution in [1.29, 1.82) is 0 Å². The van der Waals surface area contributed by atoms with Gasteiger partial charge >= 0.3 is 0 Å². The van der Waals surface area contributed by atoms with Gasteiger partial charge in [-0.05, 0) is 32.1 Å². The van der Waals surface area contributed by atoms with E-state index in [9.17, 15) is 0 Å². The third-order valence-electron chi connectivity index (χ3n) is 1.88. The molecule has 0 heteroatoms. The first-order chi connectivity index (χ1) is 6.31. The van der Waals surface area contributed by atoms with Gasteiger partial charge < -0.3 is 0 Å². The van der Waals surface area contributed by atoms with E-state index in [1.165, 1.54) is 0 Å². The standard InChI is InChI=1S/C13H22/c1-4-6-8-9-10-12-13(3)11-7-5-2/h4,6-7,9-11,13H,5,8,12H2,1-3H3. The average molecular weight is 178 g/mol. The highest BCUT2D eigenvalue weighted by atomic mass is 14.0. The van der Waals surface area contributed by atoms with Gasteiger partial charge in [-0.3, -0.25) is 0 Å². The van der Waals surface area contributed by atoms with E-state index in [-0.39, 0.29) is 0 Å². The molecule has 0 heterocycles. The van der Waals surface area contributed by atoms with Crippen molar-refractivity contribution in [3.05, 3.63) is 36.5 Å². The van der Waals surface area contributed by atoms with E-state index in [1.807, 2.05) is 0 Å². The normalized spacial score (nSPS) is 15.0. The van der Waals surface area contributed by atoms with Crippen LogP contribution in [0.5, 0.6) is 0 Å². The highest BCUT2D eigenvalue weighted by Gasteiger charge is 1.90. The fraction of sp³-hybridized carbons (Fsp3) is 0.538. The molecule has 0 amide bonds. The van der Waals surface area contributed by atoms with Crippen LogP contribution < -0.4 is 0 Å². The Balaban J connectivity index is 3.50. The molecule has 0 aliphatic rings. The minimum absolute atomic E-state index is 0.682. The van der Waals surface area contributed by atoms with Gasteiger partial charge in [-0.15, -0.1) is 0 Å². The number of hydrogen-bond acceptors (Lipinski definition) is 0. The largest absolute Gasteiger partial charge is 0.0914 e. The first-order valence-corrected chi connectivity index (χ1v) is 5.24. The van der Waals surface area contributed by atoms with E-state index in [2.05, 4.69) is 57.2 Å². The van der Waals surface area contributed by atoms with Crippen LogP contribution in [-0.2, 0) is 0 Å². The highest BCUT2D eigenvalue weighted by molar-refractivity contribution is 4.95. The minimum Gasteiger partial charge on any atom is -0.0914 e. The van der Waals surface area contributed by atoms with Gasteiger partial charge in [-0.2, -0.15) is 0 Å². The lowest BCUT2D eigenvalue weighted by molar-refractivity contribution is 0.739. The molecule has 0 aliphatic carbocycles. The van der Waals surface area contributed by atoms with Crippen LogP contribution in [0.4, 0.5) is 0 Å². The second-order valence-corrected chi connectivity index (χ2v) is 3.33. The quantitative estimate of drug-likeness (QED) is 0.525. The molecule has 0 bridgehead atoms. The Morgan fingerprint density at radius 1 is 1.08 bits per heavy atom. The van der Waals surface area contributed by atoms with Gasteiger partial charge in [-0.25, -0.2) is 0 Å². The summed E-state index contributed by atoms with van der Waals surface area (Å²) in [6, 6.07) is 0. The van der Waals surface area contributed by atoms with Crippen LogP contribution in [0, 0.1) is 5.92 Å². The molecule has 0 nitrogen and oxygen atoms in total. The first-order valence-electron chi connectivity index (χ1n) is 5.24. The molecule has 0 aromatic heterocycles. The van der Waals surface area contributed by atoms with Crippen molar-refractivity contribution in [1.82, 2.24) is 0 Å². The molecule has 0 aliphatic heterocycles. The third kappa shape index (κ3) is 9.13. The molecule has 0 fully saturated rings. The SMILES string of the molecule is CC=CCC=CCC(C)C=CCC. The van der Waals surface area contributed by atoms with Gasteiger partial charge in [-0.1, -0.05) is 50.3 Å². The van der Waals surface area contributed by atoms with E-state index in [0.717, 1.165) is 19.3 Å². The Bertz CT molecular complexity index is 172. The van der Waals surface area contributed by atoms with Crippen LogP contribution in [0.1, 0.15) is 40.0 Å². The summed E-state index contributed by atoms with van der Waals surface area (Å²) in [5.74, 6) is 0.682. The van der Waals surface area contributed by atoms with Gasteiger partial charge in [0.05, 0.1) is 0 Å². The Hall–Kier alpha value is -0.780. The topological polar surface area (TPSA) is 0 Å². The molecule has 0 spiro atoms. The minimum atomic E-state index is 0.682. The van der Waals surface area contributed by atoms with Crippen molar-refractivity contribution in [3.8, 4) is 0 Å². The monoisotopic (exact) mass is 178 g/mol. The summed E-state index contributed by atoms with van der Waals surface area (Å²) in [4.78, 5) is 0. The van der Waals surface area contributed by atoms with Crippen LogP contribution in [-0.4, -0.2) is 0 Å². The molecule has 13 heavy (non-hydrogen) atoms. The molecular weight excluding hydrogens is 156 g/mol. The average Bonchev–Trinajstić information content (AvgIpc) is 2.14. The Morgan fingerprint density at radius 3 is 2.46 bits per heavy atom. The fourth-order valence-electron chi connectivity index (χ4n) is 1.07. The van der Waals surface area contributed by atoms with Crippen LogP contribution in [0.3, 0.4) is 0 Å². The van der Waals surface area contributed by atoms with E-state index < -0.39 is 0 Å². The molecular formula is C13H22. The summed E-state index contributed by atoms with van der Waals surface area (Å²) in [6.45, 7) is 6.48. The zero-order valence-corrected chi connectivity index (χ0v) is 9.16. The molecule has 1 atom stereocenters. The maximum Gasteiger partial charge on any atom is -0.0169 e. The predicted octanol–water partition coefficient (Wildman–Crippen LogP) is 4.50. The molecule has 0 aromatic rings. The summed E-state index contributed by atoms with van der Waals surface area (Å²) < 4.78 is 0. The zero-order chi connectivity index (χ0) is 9.94. The van der Waals surface area contributed by atoms with E-state index >= 15 is 0 Å². The van der Waals surface area contributed by atoms with Crippen molar-refractivity contribution in [3.63, 3.8) is 0 Å². The molecule has 0 saturated heterocycles. The highest BCUT2D eigenvalue weighted by Crippen LogP contribution is 2.05. The van der Waals surface area contributed by atoms with Gasteiger partial charge in [0.25, 0.3) is 0 Å². The van der Waals surface area contributed by atoms with Crippen LogP contribution in [0.25, 0.3) is 0 Å². The smallest absolute Gasteiger partial charge is 0.0169 e. The zero-order valence-electron chi connectivity index (χ0n) is 9.16. The molecule has 1 unspecified atom stereocenters. The molecule has 0 aromatic carbocycles. The number of allylic oxidation sites excluding steroid dienone is 6. The predicted molar refractivity (Wildman–Crippen MR) is 61.8 cm³/mol. The second kappa shape index (κ2) is 9.31. The van der Waals surface area contributed by atoms with Crippen molar-refractivity contribution in [2.45, 2.75) is 40.0 Å². The fourth-order valence-corrected chi connectivity index (χ4v) is 1.07. The van der Waals surface area contributed by atoms with E-state index in [1.54, 1.807) is 0 Å². The molecule has 0 rings (SSSR count). The number of hydrogen-bond donors (Lipinski definition) is 0. The van der Waals surface area contributed by atoms with Crippen molar-refractivity contribution in [2.75, 3.05) is 0 Å². The molecule has 0 radical (unpaired) electrons.